The molecule has 0 saturated carbocycles. The van der Waals surface area contributed by atoms with Crippen LogP contribution in [-0.4, -0.2) is 5.97 Å². The van der Waals surface area contributed by atoms with Gasteiger partial charge in [0.15, 0.2) is 0 Å². The van der Waals surface area contributed by atoms with Crippen LogP contribution < -0.4 is 40.0 Å². The Bertz CT molecular complexity index is 644. The number of anilines is 2. The summed E-state index contributed by atoms with van der Waals surface area (Å²) in [4.78, 5) is 11.1. The number of nitrogens with one attached hydrogen (secondary N) is 1. The van der Waals surface area contributed by atoms with Crippen molar-refractivity contribution in [3.63, 3.8) is 0 Å². The van der Waals surface area contributed by atoms with E-state index in [1.165, 1.54) is 6.07 Å². The predicted octanol–water partition coefficient (Wildman–Crippen LogP) is 0.0679. The minimum atomic E-state index is -1.25. The molecule has 0 aromatic heterocycles. The Morgan fingerprint density at radius 1 is 1.15 bits per heavy atom. The van der Waals surface area contributed by atoms with Crippen LogP contribution in [-0.2, 0) is 0 Å². The number of para-hydroxylation sites is 1. The molecule has 2 rings (SSSR count). The van der Waals surface area contributed by atoms with Crippen molar-refractivity contribution < 1.29 is 39.5 Å². The average Bonchev–Trinajstić information content (AvgIpc) is 2.36. The van der Waals surface area contributed by atoms with E-state index in [4.69, 9.17) is 11.6 Å². The summed E-state index contributed by atoms with van der Waals surface area (Å²) < 4.78 is 0. The smallest absolute Gasteiger partial charge is 0.545 e. The first-order chi connectivity index (χ1) is 9.00. The van der Waals surface area contributed by atoms with Gasteiger partial charge in [0.05, 0.1) is 16.7 Å². The van der Waals surface area contributed by atoms with Gasteiger partial charge in [-0.2, -0.15) is 0 Å². The van der Waals surface area contributed by atoms with Crippen LogP contribution in [0, 0.1) is 13.8 Å². The summed E-state index contributed by atoms with van der Waals surface area (Å²) in [5.74, 6) is -1.25. The Hall–Kier alpha value is -1.000. The standard InChI is InChI=1S/C15H14ClNO2.Na/c1-9-5-3-8-13(10(9)2)17-14-11(15(18)19)6-4-7-12(14)16;/h3-8,17H,1-2H3,(H,18,19);/q;+1/p-1. The van der Waals surface area contributed by atoms with Crippen molar-refractivity contribution in [3.8, 4) is 0 Å². The van der Waals surface area contributed by atoms with Crippen LogP contribution in [0.4, 0.5) is 11.4 Å². The fraction of sp³-hybridized carbons (Fsp3) is 0.133. The van der Waals surface area contributed by atoms with Crippen molar-refractivity contribution in [1.82, 2.24) is 0 Å². The molecule has 0 bridgehead atoms. The zero-order valence-corrected chi connectivity index (χ0v) is 14.4. The summed E-state index contributed by atoms with van der Waals surface area (Å²) in [5, 5.41) is 14.5. The molecule has 2 aromatic rings. The molecule has 0 amide bonds. The Balaban J connectivity index is 0.00000200. The number of carboxylic acid groups (broad SMARTS) is 1. The summed E-state index contributed by atoms with van der Waals surface area (Å²) in [6, 6.07) is 10.5. The van der Waals surface area contributed by atoms with Gasteiger partial charge in [-0.15, -0.1) is 0 Å². The van der Waals surface area contributed by atoms with Gasteiger partial charge in [0.1, 0.15) is 0 Å². The maximum absolute atomic E-state index is 11.1. The molecule has 0 unspecified atom stereocenters. The molecular formula is C15H13ClNNaO2. The van der Waals surface area contributed by atoms with E-state index in [1.807, 2.05) is 32.0 Å². The van der Waals surface area contributed by atoms with E-state index < -0.39 is 5.97 Å². The van der Waals surface area contributed by atoms with E-state index in [0.29, 0.717) is 10.7 Å². The van der Waals surface area contributed by atoms with Gasteiger partial charge < -0.3 is 15.2 Å². The molecule has 0 aliphatic carbocycles. The van der Waals surface area contributed by atoms with Crippen LogP contribution in [0.15, 0.2) is 36.4 Å². The maximum atomic E-state index is 11.1. The number of carbonyl (C=O) groups is 1. The van der Waals surface area contributed by atoms with Gasteiger partial charge in [-0.25, -0.2) is 0 Å². The normalized spacial score (nSPS) is 9.75. The third-order valence-corrected chi connectivity index (χ3v) is 3.41. The monoisotopic (exact) mass is 297 g/mol. The van der Waals surface area contributed by atoms with E-state index in [9.17, 15) is 9.90 Å². The van der Waals surface area contributed by atoms with Crippen molar-refractivity contribution in [1.29, 1.82) is 0 Å². The summed E-state index contributed by atoms with van der Waals surface area (Å²) in [5.41, 5.74) is 3.40. The SMILES string of the molecule is Cc1cccc(Nc2c(Cl)cccc2C(=O)[O-])c1C.[Na+]. The fourth-order valence-electron chi connectivity index (χ4n) is 1.84. The number of aryl methyl sites for hydroxylation is 1. The first-order valence-corrected chi connectivity index (χ1v) is 6.21. The van der Waals surface area contributed by atoms with E-state index >= 15 is 0 Å². The number of hydrogen-bond acceptors (Lipinski definition) is 3. The Morgan fingerprint density at radius 2 is 1.80 bits per heavy atom. The van der Waals surface area contributed by atoms with Crippen LogP contribution in [0.5, 0.6) is 0 Å². The molecule has 5 heteroatoms. The largest absolute Gasteiger partial charge is 1.00 e. The molecule has 1 N–H and O–H groups in total. The van der Waals surface area contributed by atoms with Crippen LogP contribution in [0.3, 0.4) is 0 Å². The number of hydrogen-bond donors (Lipinski definition) is 1. The molecule has 0 radical (unpaired) electrons. The molecule has 98 valence electrons. The van der Waals surface area contributed by atoms with E-state index in [0.717, 1.165) is 16.8 Å². The number of rotatable bonds is 3. The van der Waals surface area contributed by atoms with Gasteiger partial charge in [0, 0.05) is 11.3 Å². The number of carbonyl (C=O) groups excluding carboxylic acids is 1. The van der Waals surface area contributed by atoms with E-state index in [-0.39, 0.29) is 35.1 Å². The second-order valence-corrected chi connectivity index (χ2v) is 4.73. The third kappa shape index (κ3) is 3.55. The van der Waals surface area contributed by atoms with E-state index in [2.05, 4.69) is 5.32 Å². The first kappa shape index (κ1) is 17.1. The topological polar surface area (TPSA) is 52.2 Å². The molecular weight excluding hydrogens is 285 g/mol. The van der Waals surface area contributed by atoms with Gasteiger partial charge >= 0.3 is 29.6 Å². The number of carboxylic acids is 1. The first-order valence-electron chi connectivity index (χ1n) is 5.84. The van der Waals surface area contributed by atoms with Gasteiger partial charge in [0.2, 0.25) is 0 Å². The summed E-state index contributed by atoms with van der Waals surface area (Å²) in [7, 11) is 0. The van der Waals surface area contributed by atoms with Crippen LogP contribution >= 0.6 is 11.6 Å². The number of aromatic carboxylic acids is 1. The number of benzene rings is 2. The summed E-state index contributed by atoms with van der Waals surface area (Å²) in [6.07, 6.45) is 0. The minimum Gasteiger partial charge on any atom is -0.545 e. The molecule has 3 nitrogen and oxygen atoms in total. The van der Waals surface area contributed by atoms with Gasteiger partial charge in [0.25, 0.3) is 0 Å². The van der Waals surface area contributed by atoms with Crippen molar-refractivity contribution in [2.45, 2.75) is 13.8 Å². The average molecular weight is 298 g/mol. The van der Waals surface area contributed by atoms with Crippen molar-refractivity contribution >= 4 is 28.9 Å². The molecule has 0 fully saturated rings. The third-order valence-electron chi connectivity index (χ3n) is 3.10. The Kier molecular flexibility index (Phi) is 6.08. The van der Waals surface area contributed by atoms with Crippen molar-refractivity contribution in [3.05, 3.63) is 58.1 Å². The Morgan fingerprint density at radius 3 is 2.45 bits per heavy atom. The van der Waals surface area contributed by atoms with Crippen molar-refractivity contribution in [2.24, 2.45) is 0 Å². The Labute approximate surface area is 145 Å². The van der Waals surface area contributed by atoms with Crippen LogP contribution in [0.25, 0.3) is 0 Å². The van der Waals surface area contributed by atoms with Crippen LogP contribution in [0.2, 0.25) is 5.02 Å². The zero-order chi connectivity index (χ0) is 14.0. The molecule has 0 heterocycles. The fourth-order valence-corrected chi connectivity index (χ4v) is 2.06. The summed E-state index contributed by atoms with van der Waals surface area (Å²) in [6.45, 7) is 3.96. The minimum absolute atomic E-state index is 0. The van der Waals surface area contributed by atoms with Gasteiger partial charge in [-0.1, -0.05) is 35.9 Å². The number of halogens is 1. The second kappa shape index (κ2) is 7.14. The molecule has 0 spiro atoms. The maximum Gasteiger partial charge on any atom is 1.00 e. The molecule has 0 atom stereocenters. The van der Waals surface area contributed by atoms with Crippen molar-refractivity contribution in [2.75, 3.05) is 5.32 Å². The van der Waals surface area contributed by atoms with E-state index in [1.54, 1.807) is 12.1 Å². The predicted molar refractivity (Wildman–Crippen MR) is 75.0 cm³/mol. The molecule has 20 heavy (non-hydrogen) atoms. The molecule has 0 aliphatic heterocycles. The molecule has 2 aromatic carbocycles. The zero-order valence-electron chi connectivity index (χ0n) is 11.7. The molecule has 0 aliphatic rings. The molecule has 0 saturated heterocycles. The summed E-state index contributed by atoms with van der Waals surface area (Å²) >= 11 is 6.06. The van der Waals surface area contributed by atoms with Crippen LogP contribution in [0.1, 0.15) is 21.5 Å². The van der Waals surface area contributed by atoms with Gasteiger partial charge in [-0.05, 0) is 37.1 Å². The van der Waals surface area contributed by atoms with Gasteiger partial charge in [-0.3, -0.25) is 0 Å². The quantitative estimate of drug-likeness (QED) is 0.816. The second-order valence-electron chi connectivity index (χ2n) is 4.32.